The molecule has 5 nitrogen and oxygen atoms in total. The third kappa shape index (κ3) is 6.42. The predicted octanol–water partition coefficient (Wildman–Crippen LogP) is 2.28. The molecule has 0 aromatic heterocycles. The highest BCUT2D eigenvalue weighted by molar-refractivity contribution is 14.0. The fraction of sp³-hybridized carbons (Fsp3) is 0.812. The minimum Gasteiger partial charge on any atom is -0.381 e. The van der Waals surface area contributed by atoms with Crippen LogP contribution < -0.4 is 5.32 Å². The smallest absolute Gasteiger partial charge is 0.193 e. The van der Waals surface area contributed by atoms with Crippen LogP contribution in [-0.4, -0.2) is 64.0 Å². The van der Waals surface area contributed by atoms with Crippen LogP contribution in [-0.2, 0) is 9.47 Å². The van der Waals surface area contributed by atoms with E-state index in [0.29, 0.717) is 5.92 Å². The molecule has 0 aromatic rings. The Morgan fingerprint density at radius 1 is 1.55 bits per heavy atom. The number of likely N-dealkylation sites (tertiary alicyclic amines) is 1. The van der Waals surface area contributed by atoms with Gasteiger partial charge in [-0.3, -0.25) is 4.99 Å². The summed E-state index contributed by atoms with van der Waals surface area (Å²) in [6.45, 7) is 8.45. The fourth-order valence-electron chi connectivity index (χ4n) is 2.91. The summed E-state index contributed by atoms with van der Waals surface area (Å²) in [5.41, 5.74) is 1.50. The van der Waals surface area contributed by atoms with Gasteiger partial charge in [0.2, 0.25) is 0 Å². The number of aliphatic imine (C=N–C) groups is 1. The first-order chi connectivity index (χ1) is 10.3. The molecule has 0 radical (unpaired) electrons. The number of ether oxygens (including phenoxy) is 2. The Bertz CT molecular complexity index is 374. The van der Waals surface area contributed by atoms with E-state index in [4.69, 9.17) is 9.47 Å². The molecule has 2 rings (SSSR count). The van der Waals surface area contributed by atoms with Crippen molar-refractivity contribution in [2.45, 2.75) is 26.2 Å². The van der Waals surface area contributed by atoms with Crippen molar-refractivity contribution in [2.75, 3.05) is 53.1 Å². The Balaban J connectivity index is 0.00000242. The zero-order chi connectivity index (χ0) is 14.9. The van der Waals surface area contributed by atoms with Crippen LogP contribution in [0.1, 0.15) is 26.2 Å². The molecule has 22 heavy (non-hydrogen) atoms. The molecule has 0 saturated carbocycles. The van der Waals surface area contributed by atoms with Gasteiger partial charge >= 0.3 is 0 Å². The van der Waals surface area contributed by atoms with E-state index < -0.39 is 0 Å². The van der Waals surface area contributed by atoms with Gasteiger partial charge in [0.1, 0.15) is 0 Å². The molecule has 0 bridgehead atoms. The first kappa shape index (κ1) is 19.7. The molecular weight excluding hydrogens is 393 g/mol. The summed E-state index contributed by atoms with van der Waals surface area (Å²) < 4.78 is 10.9. The lowest BCUT2D eigenvalue weighted by atomic mass is 10.1. The van der Waals surface area contributed by atoms with Crippen molar-refractivity contribution in [1.82, 2.24) is 10.2 Å². The van der Waals surface area contributed by atoms with E-state index in [1.165, 1.54) is 12.0 Å². The second-order valence-corrected chi connectivity index (χ2v) is 5.67. The average molecular weight is 423 g/mol. The molecule has 0 amide bonds. The first-order valence-electron chi connectivity index (χ1n) is 8.12. The van der Waals surface area contributed by atoms with Crippen LogP contribution >= 0.6 is 24.0 Å². The maximum absolute atomic E-state index is 5.53. The lowest BCUT2D eigenvalue weighted by molar-refractivity contribution is 0.114. The summed E-state index contributed by atoms with van der Waals surface area (Å²) in [4.78, 5) is 6.76. The van der Waals surface area contributed by atoms with E-state index in [-0.39, 0.29) is 24.0 Å². The molecule has 1 N–H and O–H groups in total. The molecule has 2 aliphatic rings. The normalized spacial score (nSPS) is 22.3. The number of hydrogen-bond acceptors (Lipinski definition) is 3. The quantitative estimate of drug-likeness (QED) is 0.308. The van der Waals surface area contributed by atoms with Crippen LogP contribution in [0, 0.1) is 5.92 Å². The minimum absolute atomic E-state index is 0. The van der Waals surface area contributed by atoms with Gasteiger partial charge in [0.15, 0.2) is 5.96 Å². The van der Waals surface area contributed by atoms with Crippen molar-refractivity contribution >= 4 is 29.9 Å². The molecule has 1 atom stereocenters. The van der Waals surface area contributed by atoms with Crippen LogP contribution in [0.15, 0.2) is 16.6 Å². The highest BCUT2D eigenvalue weighted by Gasteiger charge is 2.24. The number of nitrogens with one attached hydrogen (secondary N) is 1. The Morgan fingerprint density at radius 3 is 3.09 bits per heavy atom. The Kier molecular flexibility index (Phi) is 10.1. The van der Waals surface area contributed by atoms with Crippen LogP contribution in [0.4, 0.5) is 0 Å². The average Bonchev–Trinajstić information content (AvgIpc) is 2.99. The Morgan fingerprint density at radius 2 is 2.41 bits per heavy atom. The van der Waals surface area contributed by atoms with Crippen molar-refractivity contribution in [1.29, 1.82) is 0 Å². The van der Waals surface area contributed by atoms with E-state index >= 15 is 0 Å². The van der Waals surface area contributed by atoms with Gasteiger partial charge in [0, 0.05) is 39.2 Å². The van der Waals surface area contributed by atoms with Gasteiger partial charge in [-0.05, 0) is 26.2 Å². The zero-order valence-electron chi connectivity index (χ0n) is 13.8. The third-order valence-corrected chi connectivity index (χ3v) is 4.14. The van der Waals surface area contributed by atoms with Gasteiger partial charge < -0.3 is 19.7 Å². The van der Waals surface area contributed by atoms with E-state index in [2.05, 4.69) is 28.2 Å². The molecule has 6 heteroatoms. The van der Waals surface area contributed by atoms with Crippen molar-refractivity contribution in [3.05, 3.63) is 11.6 Å². The Hall–Kier alpha value is -0.340. The number of halogens is 1. The van der Waals surface area contributed by atoms with Crippen molar-refractivity contribution < 1.29 is 9.47 Å². The van der Waals surface area contributed by atoms with Crippen LogP contribution in [0.2, 0.25) is 0 Å². The molecule has 1 unspecified atom stereocenters. The molecule has 0 aliphatic carbocycles. The zero-order valence-corrected chi connectivity index (χ0v) is 16.2. The molecule has 2 heterocycles. The van der Waals surface area contributed by atoms with Crippen LogP contribution in [0.5, 0.6) is 0 Å². The lowest BCUT2D eigenvalue weighted by Gasteiger charge is -2.22. The lowest BCUT2D eigenvalue weighted by Crippen LogP contribution is -2.40. The van der Waals surface area contributed by atoms with Crippen LogP contribution in [0.3, 0.4) is 0 Å². The molecule has 0 aromatic carbocycles. The monoisotopic (exact) mass is 423 g/mol. The molecule has 1 saturated heterocycles. The van der Waals surface area contributed by atoms with Gasteiger partial charge in [-0.1, -0.05) is 11.6 Å². The summed E-state index contributed by atoms with van der Waals surface area (Å²) in [5, 5.41) is 3.49. The standard InChI is InChI=1S/C16H29N3O2.HI/c1-3-20-13-15-5-9-19(12-15)16(17-2)18-8-4-14-6-10-21-11-7-14;/h6,15H,3-5,7-13H2,1-2H3,(H,17,18);1H. The summed E-state index contributed by atoms with van der Waals surface area (Å²) >= 11 is 0. The van der Waals surface area contributed by atoms with Crippen molar-refractivity contribution in [3.63, 3.8) is 0 Å². The highest BCUT2D eigenvalue weighted by atomic mass is 127. The highest BCUT2D eigenvalue weighted by Crippen LogP contribution is 2.17. The van der Waals surface area contributed by atoms with Gasteiger partial charge in [0.05, 0.1) is 19.8 Å². The molecule has 1 fully saturated rings. The number of guanidine groups is 1. The second-order valence-electron chi connectivity index (χ2n) is 5.67. The Labute approximate surface area is 151 Å². The van der Waals surface area contributed by atoms with Gasteiger partial charge in [-0.2, -0.15) is 0 Å². The second kappa shape index (κ2) is 11.2. The van der Waals surface area contributed by atoms with E-state index in [0.717, 1.165) is 64.9 Å². The molecule has 0 spiro atoms. The SMILES string of the molecule is CCOCC1CCN(C(=NC)NCCC2=CCOCC2)C1.I. The van der Waals surface area contributed by atoms with E-state index in [9.17, 15) is 0 Å². The maximum Gasteiger partial charge on any atom is 0.193 e. The van der Waals surface area contributed by atoms with E-state index in [1.54, 1.807) is 0 Å². The first-order valence-corrected chi connectivity index (χ1v) is 8.12. The summed E-state index contributed by atoms with van der Waals surface area (Å²) in [6, 6.07) is 0. The van der Waals surface area contributed by atoms with Crippen LogP contribution in [0.25, 0.3) is 0 Å². The maximum atomic E-state index is 5.53. The molecular formula is C16H30IN3O2. The van der Waals surface area contributed by atoms with Crippen molar-refractivity contribution in [3.8, 4) is 0 Å². The van der Waals surface area contributed by atoms with Gasteiger partial charge in [0.25, 0.3) is 0 Å². The number of rotatable bonds is 6. The number of hydrogen-bond donors (Lipinski definition) is 1. The molecule has 2 aliphatic heterocycles. The number of nitrogens with zero attached hydrogens (tertiary/aromatic N) is 2. The largest absolute Gasteiger partial charge is 0.381 e. The van der Waals surface area contributed by atoms with Gasteiger partial charge in [-0.15, -0.1) is 24.0 Å². The van der Waals surface area contributed by atoms with Gasteiger partial charge in [-0.25, -0.2) is 0 Å². The minimum atomic E-state index is 0. The predicted molar refractivity (Wildman–Crippen MR) is 101 cm³/mol. The van der Waals surface area contributed by atoms with E-state index in [1.807, 2.05) is 7.05 Å². The van der Waals surface area contributed by atoms with Crippen molar-refractivity contribution in [2.24, 2.45) is 10.9 Å². The topological polar surface area (TPSA) is 46.1 Å². The summed E-state index contributed by atoms with van der Waals surface area (Å²) in [7, 11) is 1.87. The third-order valence-electron chi connectivity index (χ3n) is 4.14. The fourth-order valence-corrected chi connectivity index (χ4v) is 2.91. The summed E-state index contributed by atoms with van der Waals surface area (Å²) in [6.07, 6.45) is 5.56. The molecule has 128 valence electrons. The summed E-state index contributed by atoms with van der Waals surface area (Å²) in [5.74, 6) is 1.67.